The molecule has 0 spiro atoms. The van der Waals surface area contributed by atoms with Gasteiger partial charge in [0.25, 0.3) is 0 Å². The van der Waals surface area contributed by atoms with E-state index in [9.17, 15) is 13.2 Å². The number of hydrogen-bond donors (Lipinski definition) is 1. The Balaban J connectivity index is 1.89. The molecule has 3 aromatic rings. The van der Waals surface area contributed by atoms with Crippen LogP contribution in [0.15, 0.2) is 95.9 Å². The molecule has 0 fully saturated rings. The van der Waals surface area contributed by atoms with Crippen LogP contribution in [0, 0.1) is 0 Å². The van der Waals surface area contributed by atoms with E-state index in [1.807, 2.05) is 0 Å². The molecule has 33 heavy (non-hydrogen) atoms. The number of alkyl halides is 2. The second-order valence-electron chi connectivity index (χ2n) is 7.67. The minimum absolute atomic E-state index is 0.0654. The first-order chi connectivity index (χ1) is 15.7. The molecule has 174 valence electrons. The van der Waals surface area contributed by atoms with Crippen LogP contribution in [-0.2, 0) is 27.8 Å². The van der Waals surface area contributed by atoms with E-state index in [0.717, 1.165) is 5.56 Å². The molecular formula is C25H26F2N2O3S. The summed E-state index contributed by atoms with van der Waals surface area (Å²) in [7, 11) is -2.84. The lowest BCUT2D eigenvalue weighted by Crippen LogP contribution is -2.52. The van der Waals surface area contributed by atoms with Gasteiger partial charge in [-0.05, 0) is 36.7 Å². The van der Waals surface area contributed by atoms with E-state index in [1.54, 1.807) is 66.7 Å². The molecule has 0 aliphatic rings. The molecule has 0 aromatic heterocycles. The maximum absolute atomic E-state index is 15.3. The predicted molar refractivity (Wildman–Crippen MR) is 123 cm³/mol. The summed E-state index contributed by atoms with van der Waals surface area (Å²) in [5.41, 5.74) is 1.26. The molecule has 0 radical (unpaired) electrons. The Bertz CT molecular complexity index is 1140. The lowest BCUT2D eigenvalue weighted by atomic mass is 9.98. The van der Waals surface area contributed by atoms with Gasteiger partial charge >= 0.3 is 5.92 Å². The van der Waals surface area contributed by atoms with E-state index in [2.05, 4.69) is 5.32 Å². The van der Waals surface area contributed by atoms with Crippen molar-refractivity contribution in [3.05, 3.63) is 102 Å². The molecule has 0 heterocycles. The third-order valence-corrected chi connectivity index (χ3v) is 7.07. The molecule has 1 atom stereocenters. The maximum Gasteiger partial charge on any atom is 0.320 e. The number of halogens is 2. The fourth-order valence-electron chi connectivity index (χ4n) is 3.48. The van der Waals surface area contributed by atoms with Gasteiger partial charge in [0.05, 0.1) is 17.5 Å². The normalized spacial score (nSPS) is 13.1. The van der Waals surface area contributed by atoms with Gasteiger partial charge in [-0.15, -0.1) is 0 Å². The highest BCUT2D eigenvalue weighted by atomic mass is 32.2. The second-order valence-corrected chi connectivity index (χ2v) is 9.61. The molecule has 3 aromatic carbocycles. The quantitative estimate of drug-likeness (QED) is 0.460. The van der Waals surface area contributed by atoms with Gasteiger partial charge in [-0.2, -0.15) is 13.1 Å². The number of likely N-dealkylation sites (N-methyl/N-ethyl adjacent to an activating group) is 1. The van der Waals surface area contributed by atoms with Gasteiger partial charge in [0.15, 0.2) is 0 Å². The summed E-state index contributed by atoms with van der Waals surface area (Å²) in [5, 5.41) is 2.65. The van der Waals surface area contributed by atoms with Crippen molar-refractivity contribution in [1.29, 1.82) is 0 Å². The van der Waals surface area contributed by atoms with Gasteiger partial charge in [0, 0.05) is 6.54 Å². The van der Waals surface area contributed by atoms with E-state index in [4.69, 9.17) is 0 Å². The predicted octanol–water partition coefficient (Wildman–Crippen LogP) is 3.91. The Labute approximate surface area is 193 Å². The molecule has 1 N–H and O–H groups in total. The number of nitrogens with zero attached hydrogens (tertiary/aromatic N) is 1. The zero-order valence-electron chi connectivity index (χ0n) is 18.2. The standard InChI is InChI=1S/C25H26F2N2O3S/c1-28-23(17-20-11-5-2-6-12-20)24(30)25(26,27)19-29(18-21-13-7-3-8-14-21)33(31,32)22-15-9-4-10-16-22/h2-16,23,28H,17-19H2,1H3/t23-/m0/s1. The lowest BCUT2D eigenvalue weighted by Gasteiger charge is -2.28. The topological polar surface area (TPSA) is 66.5 Å². The number of carbonyl (C=O) groups excluding carboxylic acids is 1. The number of nitrogens with one attached hydrogen (secondary N) is 1. The van der Waals surface area contributed by atoms with E-state index in [1.165, 1.54) is 31.3 Å². The average Bonchev–Trinajstić information content (AvgIpc) is 2.83. The van der Waals surface area contributed by atoms with Crippen LogP contribution in [0.5, 0.6) is 0 Å². The number of hydrogen-bond acceptors (Lipinski definition) is 4. The SMILES string of the molecule is CN[C@@H](Cc1ccccc1)C(=O)C(F)(F)CN(Cc1ccccc1)S(=O)(=O)c1ccccc1. The summed E-state index contributed by atoms with van der Waals surface area (Å²) in [6.45, 7) is -1.55. The van der Waals surface area contributed by atoms with Gasteiger partial charge in [0.1, 0.15) is 0 Å². The third kappa shape index (κ3) is 6.31. The first-order valence-electron chi connectivity index (χ1n) is 10.5. The van der Waals surface area contributed by atoms with E-state index in [-0.39, 0.29) is 17.9 Å². The highest BCUT2D eigenvalue weighted by Gasteiger charge is 2.46. The number of carbonyl (C=O) groups is 1. The summed E-state index contributed by atoms with van der Waals surface area (Å²) < 4.78 is 57.7. The van der Waals surface area contributed by atoms with Crippen molar-refractivity contribution in [3.63, 3.8) is 0 Å². The first-order valence-corrected chi connectivity index (χ1v) is 11.9. The molecule has 0 unspecified atom stereocenters. The molecule has 0 aliphatic heterocycles. The molecule has 0 bridgehead atoms. The molecule has 0 saturated carbocycles. The van der Waals surface area contributed by atoms with Crippen LogP contribution in [0.3, 0.4) is 0 Å². The molecular weight excluding hydrogens is 446 g/mol. The Kier molecular flexibility index (Phi) is 8.07. The fourth-order valence-corrected chi connectivity index (χ4v) is 4.93. The monoisotopic (exact) mass is 472 g/mol. The minimum atomic E-state index is -4.28. The van der Waals surface area contributed by atoms with Crippen LogP contribution in [0.25, 0.3) is 0 Å². The van der Waals surface area contributed by atoms with Crippen molar-refractivity contribution < 1.29 is 22.0 Å². The van der Waals surface area contributed by atoms with Gasteiger partial charge in [-0.1, -0.05) is 78.9 Å². The van der Waals surface area contributed by atoms with Crippen molar-refractivity contribution in [3.8, 4) is 0 Å². The Hall–Kier alpha value is -2.94. The average molecular weight is 473 g/mol. The van der Waals surface area contributed by atoms with Crippen molar-refractivity contribution in [2.75, 3.05) is 13.6 Å². The number of Topliss-reactive ketones (excluding diaryl/α,β-unsaturated/α-hetero) is 1. The van der Waals surface area contributed by atoms with Crippen LogP contribution in [0.4, 0.5) is 8.78 Å². The zero-order valence-corrected chi connectivity index (χ0v) is 19.0. The van der Waals surface area contributed by atoms with E-state index in [0.29, 0.717) is 9.87 Å². The smallest absolute Gasteiger partial charge is 0.310 e. The second kappa shape index (κ2) is 10.8. The fraction of sp³-hybridized carbons (Fsp3) is 0.240. The summed E-state index contributed by atoms with van der Waals surface area (Å²) in [6, 6.07) is 23.5. The Morgan fingerprint density at radius 2 is 1.36 bits per heavy atom. The number of benzene rings is 3. The largest absolute Gasteiger partial charge is 0.320 e. The Morgan fingerprint density at radius 3 is 1.88 bits per heavy atom. The van der Waals surface area contributed by atoms with Crippen LogP contribution < -0.4 is 5.32 Å². The summed E-state index contributed by atoms with van der Waals surface area (Å²) >= 11 is 0. The van der Waals surface area contributed by atoms with Crippen LogP contribution in [-0.4, -0.2) is 44.1 Å². The van der Waals surface area contributed by atoms with Crippen molar-refractivity contribution in [1.82, 2.24) is 9.62 Å². The van der Waals surface area contributed by atoms with Gasteiger partial charge < -0.3 is 5.32 Å². The van der Waals surface area contributed by atoms with Crippen molar-refractivity contribution in [2.45, 2.75) is 29.8 Å². The summed E-state index contributed by atoms with van der Waals surface area (Å²) in [4.78, 5) is 12.7. The van der Waals surface area contributed by atoms with Gasteiger partial charge in [-0.3, -0.25) is 4.79 Å². The maximum atomic E-state index is 15.3. The van der Waals surface area contributed by atoms with Crippen LogP contribution in [0.2, 0.25) is 0 Å². The number of sulfonamides is 1. The minimum Gasteiger partial charge on any atom is -0.310 e. The van der Waals surface area contributed by atoms with Crippen molar-refractivity contribution >= 4 is 15.8 Å². The van der Waals surface area contributed by atoms with Gasteiger partial charge in [0.2, 0.25) is 15.8 Å². The third-order valence-electron chi connectivity index (χ3n) is 5.27. The molecule has 0 saturated heterocycles. The zero-order chi connectivity index (χ0) is 23.9. The highest BCUT2D eigenvalue weighted by Crippen LogP contribution is 2.26. The molecule has 0 amide bonds. The molecule has 0 aliphatic carbocycles. The van der Waals surface area contributed by atoms with Crippen LogP contribution >= 0.6 is 0 Å². The molecule has 3 rings (SSSR count). The van der Waals surface area contributed by atoms with E-state index < -0.39 is 34.3 Å². The lowest BCUT2D eigenvalue weighted by molar-refractivity contribution is -0.146. The highest BCUT2D eigenvalue weighted by molar-refractivity contribution is 7.89. The molecule has 8 heteroatoms. The number of rotatable bonds is 11. The summed E-state index contributed by atoms with van der Waals surface area (Å²) in [5.74, 6) is -5.26. The van der Waals surface area contributed by atoms with E-state index >= 15 is 8.78 Å². The summed E-state index contributed by atoms with van der Waals surface area (Å²) in [6.07, 6.45) is 0.0654. The van der Waals surface area contributed by atoms with Crippen LogP contribution in [0.1, 0.15) is 11.1 Å². The first kappa shape index (κ1) is 24.7. The van der Waals surface area contributed by atoms with Crippen molar-refractivity contribution in [2.24, 2.45) is 0 Å². The molecule has 5 nitrogen and oxygen atoms in total. The number of ketones is 1. The Morgan fingerprint density at radius 1 is 0.879 bits per heavy atom. The van der Waals surface area contributed by atoms with Gasteiger partial charge in [-0.25, -0.2) is 8.42 Å².